The summed E-state index contributed by atoms with van der Waals surface area (Å²) < 4.78 is 102. The van der Waals surface area contributed by atoms with Crippen LogP contribution in [0.3, 0.4) is 0 Å². The minimum absolute atomic E-state index is 0.00339. The predicted octanol–water partition coefficient (Wildman–Crippen LogP) is 4.43. The summed E-state index contributed by atoms with van der Waals surface area (Å²) in [4.78, 5) is 20.4. The molecule has 0 unspecified atom stereocenters. The summed E-state index contributed by atoms with van der Waals surface area (Å²) in [6, 6.07) is 9.41. The van der Waals surface area contributed by atoms with Gasteiger partial charge in [-0.3, -0.25) is 13.7 Å². The lowest BCUT2D eigenvalue weighted by atomic mass is 10.1. The number of nitrogens with zero attached hydrogens (tertiary/aromatic N) is 5. The molecule has 260 valence electrons. The summed E-state index contributed by atoms with van der Waals surface area (Å²) in [5.74, 6) is -3.60. The number of aromatic nitrogens is 3. The van der Waals surface area contributed by atoms with Crippen LogP contribution in [0.1, 0.15) is 10.4 Å². The fourth-order valence-electron chi connectivity index (χ4n) is 4.39. The van der Waals surface area contributed by atoms with Crippen LogP contribution >= 0.6 is 11.6 Å². The van der Waals surface area contributed by atoms with Gasteiger partial charge in [0.05, 0.1) is 21.5 Å². The topological polar surface area (TPSA) is 328 Å². The highest BCUT2D eigenvalue weighted by molar-refractivity contribution is 7.86. The highest BCUT2D eigenvalue weighted by Crippen LogP contribution is 2.46. The molecule has 0 bridgehead atoms. The molecule has 20 nitrogen and oxygen atoms in total. The van der Waals surface area contributed by atoms with Gasteiger partial charge in [0, 0.05) is 16.1 Å². The van der Waals surface area contributed by atoms with Gasteiger partial charge in [0.2, 0.25) is 11.9 Å². The molecular weight excluding hydrogens is 750 g/mol. The third kappa shape index (κ3) is 7.68. The number of phenols is 1. The van der Waals surface area contributed by atoms with Crippen LogP contribution in [0.15, 0.2) is 85.6 Å². The van der Waals surface area contributed by atoms with Crippen molar-refractivity contribution in [2.45, 2.75) is 14.7 Å². The maximum Gasteiger partial charge on any atom is 0.338 e. The Morgan fingerprint density at radius 1 is 0.740 bits per heavy atom. The number of hydrogen-bond acceptors (Lipinski definition) is 16. The lowest BCUT2D eigenvalue weighted by molar-refractivity contribution is 0.0697. The van der Waals surface area contributed by atoms with Gasteiger partial charge in [-0.2, -0.15) is 40.2 Å². The minimum atomic E-state index is -5.35. The highest BCUT2D eigenvalue weighted by atomic mass is 35.5. The second-order valence-electron chi connectivity index (χ2n) is 9.76. The molecule has 5 aromatic rings. The number of halogens is 1. The number of phenolic OH excluding ortho intramolecular Hbond substituents is 1. The van der Waals surface area contributed by atoms with E-state index in [-0.39, 0.29) is 22.1 Å². The lowest BCUT2D eigenvalue weighted by Crippen LogP contribution is -2.06. The second-order valence-corrected chi connectivity index (χ2v) is 14.4. The minimum Gasteiger partial charge on any atom is -0.505 e. The van der Waals surface area contributed by atoms with E-state index in [0.29, 0.717) is 6.07 Å². The summed E-state index contributed by atoms with van der Waals surface area (Å²) >= 11 is 5.84. The molecule has 0 aliphatic carbocycles. The quantitative estimate of drug-likeness (QED) is 0.0719. The number of aromatic carboxylic acids is 1. The van der Waals surface area contributed by atoms with Crippen molar-refractivity contribution in [1.82, 2.24) is 15.0 Å². The van der Waals surface area contributed by atoms with Gasteiger partial charge in [-0.05, 0) is 54.6 Å². The summed E-state index contributed by atoms with van der Waals surface area (Å²) in [5, 5.41) is 42.2. The van der Waals surface area contributed by atoms with Crippen LogP contribution in [0.5, 0.6) is 11.8 Å². The van der Waals surface area contributed by atoms with Crippen LogP contribution in [0.25, 0.3) is 10.8 Å². The SMILES string of the molecule is O=C(O)c1cc(Cl)ccc1N=Nc1c(S(=O)(=O)O)cc2c(S(=O)(=O)O)ccc(Nc3nc(O)nc(Nc4cccc(S(=O)(=O)O)c4)n3)c2c1O. The number of anilines is 4. The van der Waals surface area contributed by atoms with E-state index in [1.165, 1.54) is 18.2 Å². The van der Waals surface area contributed by atoms with E-state index >= 15 is 0 Å². The molecule has 0 aliphatic heterocycles. The summed E-state index contributed by atoms with van der Waals surface area (Å²) in [6.45, 7) is 0. The van der Waals surface area contributed by atoms with Crippen molar-refractivity contribution >= 4 is 93.3 Å². The van der Waals surface area contributed by atoms with E-state index in [1.54, 1.807) is 0 Å². The summed E-state index contributed by atoms with van der Waals surface area (Å²) in [5.41, 5.74) is -2.19. The normalized spacial score (nSPS) is 12.3. The molecule has 1 heterocycles. The second kappa shape index (κ2) is 13.0. The number of aromatic hydroxyl groups is 2. The van der Waals surface area contributed by atoms with E-state index in [2.05, 4.69) is 35.8 Å². The molecule has 0 fully saturated rings. The first-order valence-electron chi connectivity index (χ1n) is 13.0. The average molecular weight is 768 g/mol. The van der Waals surface area contributed by atoms with Crippen molar-refractivity contribution in [3.05, 3.63) is 71.2 Å². The Kier molecular flexibility index (Phi) is 9.33. The van der Waals surface area contributed by atoms with E-state index in [1.807, 2.05) is 0 Å². The maximum absolute atomic E-state index is 12.4. The number of carboxylic acid groups (broad SMARTS) is 1. The van der Waals surface area contributed by atoms with Crippen molar-refractivity contribution in [1.29, 1.82) is 0 Å². The van der Waals surface area contributed by atoms with Crippen LogP contribution in [0.4, 0.5) is 34.6 Å². The molecule has 0 spiro atoms. The number of azo groups is 1. The van der Waals surface area contributed by atoms with Crippen molar-refractivity contribution in [2.75, 3.05) is 10.6 Å². The van der Waals surface area contributed by atoms with Gasteiger partial charge in [0.25, 0.3) is 30.4 Å². The first kappa shape index (κ1) is 35.7. The third-order valence-electron chi connectivity index (χ3n) is 6.44. The maximum atomic E-state index is 12.4. The predicted molar refractivity (Wildman–Crippen MR) is 172 cm³/mol. The Morgan fingerprint density at radius 3 is 2.02 bits per heavy atom. The fourth-order valence-corrected chi connectivity index (χ4v) is 6.41. The van der Waals surface area contributed by atoms with Crippen LogP contribution in [0.2, 0.25) is 5.02 Å². The van der Waals surface area contributed by atoms with Gasteiger partial charge in [0.15, 0.2) is 5.75 Å². The average Bonchev–Trinajstić information content (AvgIpc) is 2.99. The zero-order valence-corrected chi connectivity index (χ0v) is 27.4. The number of fused-ring (bicyclic) bond motifs is 1. The van der Waals surface area contributed by atoms with Gasteiger partial charge in [-0.1, -0.05) is 17.7 Å². The number of benzene rings is 4. The number of hydrogen-bond donors (Lipinski definition) is 8. The van der Waals surface area contributed by atoms with Gasteiger partial charge < -0.3 is 26.0 Å². The van der Waals surface area contributed by atoms with Crippen molar-refractivity contribution < 1.29 is 59.0 Å². The molecule has 8 N–H and O–H groups in total. The molecule has 1 aromatic heterocycles. The van der Waals surface area contributed by atoms with Gasteiger partial charge in [-0.15, -0.1) is 10.2 Å². The largest absolute Gasteiger partial charge is 0.505 e. The number of rotatable bonds is 10. The first-order valence-corrected chi connectivity index (χ1v) is 17.7. The Labute approximate surface area is 285 Å². The molecule has 0 radical (unpaired) electrons. The number of carboxylic acids is 1. The smallest absolute Gasteiger partial charge is 0.338 e. The summed E-state index contributed by atoms with van der Waals surface area (Å²) in [6.07, 6.45) is 0. The van der Waals surface area contributed by atoms with E-state index in [4.69, 9.17) is 11.6 Å². The van der Waals surface area contributed by atoms with Gasteiger partial charge >= 0.3 is 12.0 Å². The van der Waals surface area contributed by atoms with Crippen LogP contribution in [-0.2, 0) is 30.4 Å². The Morgan fingerprint density at radius 2 is 1.40 bits per heavy atom. The Balaban J connectivity index is 1.70. The molecule has 50 heavy (non-hydrogen) atoms. The molecule has 24 heteroatoms. The summed E-state index contributed by atoms with van der Waals surface area (Å²) in [7, 11) is -15.1. The van der Waals surface area contributed by atoms with Crippen LogP contribution < -0.4 is 10.6 Å². The molecule has 4 aromatic carbocycles. The molecular formula is C26H18ClN7O13S3. The van der Waals surface area contributed by atoms with Crippen LogP contribution in [-0.4, -0.2) is 75.2 Å². The van der Waals surface area contributed by atoms with E-state index in [0.717, 1.165) is 36.4 Å². The van der Waals surface area contributed by atoms with Crippen molar-refractivity contribution in [3.63, 3.8) is 0 Å². The molecule has 0 saturated heterocycles. The standard InChI is InChI=1S/C26H18ClN7O13S3/c27-11-4-5-16(14(8-11)23(36)37)33-34-21-19(50(45,46)47)10-15-18(49(42,43)44)7-6-17(20(15)22(21)35)29-25-30-24(31-26(38)32-25)28-12-2-1-3-13(9-12)48(39,40)41/h1-10,35H,(H,36,37)(H,39,40,41)(H,42,43,44)(H,45,46,47)(H3,28,29,30,31,32,38). The zero-order chi connectivity index (χ0) is 36.8. The van der Waals surface area contributed by atoms with Crippen molar-refractivity contribution in [2.24, 2.45) is 10.2 Å². The first-order chi connectivity index (χ1) is 23.2. The van der Waals surface area contributed by atoms with E-state index in [9.17, 15) is 59.0 Å². The molecule has 0 amide bonds. The van der Waals surface area contributed by atoms with E-state index < -0.39 is 96.7 Å². The number of carbonyl (C=O) groups is 1. The molecule has 5 rings (SSSR count). The van der Waals surface area contributed by atoms with Gasteiger partial charge in [0.1, 0.15) is 21.2 Å². The molecule has 0 atom stereocenters. The monoisotopic (exact) mass is 767 g/mol. The molecule has 0 saturated carbocycles. The lowest BCUT2D eigenvalue weighted by Gasteiger charge is -2.16. The Bertz CT molecular complexity index is 2600. The Hall–Kier alpha value is -5.56. The van der Waals surface area contributed by atoms with Gasteiger partial charge in [-0.25, -0.2) is 4.79 Å². The van der Waals surface area contributed by atoms with Crippen molar-refractivity contribution in [3.8, 4) is 11.8 Å². The zero-order valence-electron chi connectivity index (χ0n) is 24.2. The third-order valence-corrected chi connectivity index (χ3v) is 9.30. The fraction of sp³-hybridized carbons (Fsp3) is 0. The van der Waals surface area contributed by atoms with Crippen LogP contribution in [0, 0.1) is 0 Å². The highest BCUT2D eigenvalue weighted by Gasteiger charge is 2.28. The molecule has 0 aliphatic rings. The number of nitrogens with one attached hydrogen (secondary N) is 2.